The van der Waals surface area contributed by atoms with Gasteiger partial charge in [0.2, 0.25) is 5.88 Å². The molecule has 1 aromatic rings. The number of urea groups is 1. The van der Waals surface area contributed by atoms with Gasteiger partial charge in [-0.25, -0.2) is 9.78 Å². The van der Waals surface area contributed by atoms with Crippen molar-refractivity contribution in [3.05, 3.63) is 18.3 Å². The maximum atomic E-state index is 11.4. The summed E-state index contributed by atoms with van der Waals surface area (Å²) in [6.45, 7) is 1.57. The maximum absolute atomic E-state index is 11.4. The van der Waals surface area contributed by atoms with Crippen LogP contribution in [-0.2, 0) is 4.79 Å². The number of carbonyl (C=O) groups excluding carboxylic acids is 1. The van der Waals surface area contributed by atoms with Gasteiger partial charge in [0.15, 0.2) is 0 Å². The summed E-state index contributed by atoms with van der Waals surface area (Å²) in [6.07, 6.45) is 1.44. The van der Waals surface area contributed by atoms with Crippen LogP contribution in [0.25, 0.3) is 0 Å². The van der Waals surface area contributed by atoms with Crippen molar-refractivity contribution in [2.45, 2.75) is 6.92 Å². The number of nitrogens with zero attached hydrogens (tertiary/aromatic N) is 1. The Kier molecular flexibility index (Phi) is 4.91. The average molecular weight is 253 g/mol. The molecule has 0 fully saturated rings. The molecule has 0 aliphatic rings. The van der Waals surface area contributed by atoms with Crippen molar-refractivity contribution in [2.24, 2.45) is 5.92 Å². The minimum Gasteiger partial charge on any atom is -0.481 e. The number of carbonyl (C=O) groups is 2. The lowest BCUT2D eigenvalue weighted by molar-refractivity contribution is -0.140. The van der Waals surface area contributed by atoms with Crippen LogP contribution in [0, 0.1) is 5.92 Å². The highest BCUT2D eigenvalue weighted by molar-refractivity contribution is 5.89. The Morgan fingerprint density at radius 1 is 1.50 bits per heavy atom. The molecule has 18 heavy (non-hydrogen) atoms. The molecule has 3 N–H and O–H groups in total. The number of hydrogen-bond donors (Lipinski definition) is 3. The minimum atomic E-state index is -0.957. The van der Waals surface area contributed by atoms with E-state index >= 15 is 0 Å². The van der Waals surface area contributed by atoms with Gasteiger partial charge in [0, 0.05) is 12.6 Å². The summed E-state index contributed by atoms with van der Waals surface area (Å²) >= 11 is 0. The SMILES string of the molecule is COc1ccc(NC(=O)NCC(C)C(=O)O)cn1. The van der Waals surface area contributed by atoms with Crippen LogP contribution in [0.15, 0.2) is 18.3 Å². The largest absolute Gasteiger partial charge is 0.481 e. The highest BCUT2D eigenvalue weighted by Gasteiger charge is 2.12. The fourth-order valence-electron chi connectivity index (χ4n) is 1.08. The number of ether oxygens (including phenoxy) is 1. The quantitative estimate of drug-likeness (QED) is 0.724. The number of nitrogens with one attached hydrogen (secondary N) is 2. The lowest BCUT2D eigenvalue weighted by atomic mass is 10.2. The first-order chi connectivity index (χ1) is 8.52. The standard InChI is InChI=1S/C11H15N3O4/c1-7(10(15)16)5-13-11(17)14-8-3-4-9(18-2)12-6-8/h3-4,6-7H,5H2,1-2H3,(H,15,16)(H2,13,14,17). The van der Waals surface area contributed by atoms with E-state index in [2.05, 4.69) is 15.6 Å². The molecule has 0 aliphatic carbocycles. The molecule has 0 spiro atoms. The van der Waals surface area contributed by atoms with E-state index in [9.17, 15) is 9.59 Å². The summed E-state index contributed by atoms with van der Waals surface area (Å²) in [5, 5.41) is 13.6. The number of methoxy groups -OCH3 is 1. The van der Waals surface area contributed by atoms with Crippen LogP contribution in [0.3, 0.4) is 0 Å². The molecular weight excluding hydrogens is 238 g/mol. The third-order valence-corrected chi connectivity index (χ3v) is 2.19. The maximum Gasteiger partial charge on any atom is 0.319 e. The number of amides is 2. The van der Waals surface area contributed by atoms with Crippen LogP contribution in [0.4, 0.5) is 10.5 Å². The predicted molar refractivity (Wildman–Crippen MR) is 64.6 cm³/mol. The van der Waals surface area contributed by atoms with E-state index in [1.807, 2.05) is 0 Å². The van der Waals surface area contributed by atoms with Crippen LogP contribution in [0.2, 0.25) is 0 Å². The average Bonchev–Trinajstić information content (AvgIpc) is 2.36. The molecule has 1 aromatic heterocycles. The molecule has 1 rings (SSSR count). The second-order valence-electron chi connectivity index (χ2n) is 3.66. The van der Waals surface area contributed by atoms with E-state index in [-0.39, 0.29) is 6.54 Å². The zero-order chi connectivity index (χ0) is 13.5. The van der Waals surface area contributed by atoms with Crippen LogP contribution < -0.4 is 15.4 Å². The number of carboxylic acids is 1. The molecule has 7 heteroatoms. The summed E-state index contributed by atoms with van der Waals surface area (Å²) in [5.41, 5.74) is 0.497. The Morgan fingerprint density at radius 2 is 2.22 bits per heavy atom. The van der Waals surface area contributed by atoms with Crippen LogP contribution in [0.5, 0.6) is 5.88 Å². The van der Waals surface area contributed by atoms with Crippen molar-refractivity contribution < 1.29 is 19.4 Å². The zero-order valence-electron chi connectivity index (χ0n) is 10.1. The van der Waals surface area contributed by atoms with Crippen molar-refractivity contribution in [2.75, 3.05) is 19.0 Å². The second kappa shape index (κ2) is 6.43. The van der Waals surface area contributed by atoms with Crippen molar-refractivity contribution in [1.29, 1.82) is 0 Å². The van der Waals surface area contributed by atoms with E-state index in [0.717, 1.165) is 0 Å². The number of aromatic nitrogens is 1. The molecule has 0 bridgehead atoms. The fourth-order valence-corrected chi connectivity index (χ4v) is 1.08. The van der Waals surface area contributed by atoms with Gasteiger partial charge < -0.3 is 20.5 Å². The first kappa shape index (κ1) is 13.8. The number of hydrogen-bond acceptors (Lipinski definition) is 4. The summed E-state index contributed by atoms with van der Waals surface area (Å²) in [6, 6.07) is 2.76. The van der Waals surface area contributed by atoms with Crippen molar-refractivity contribution in [1.82, 2.24) is 10.3 Å². The van der Waals surface area contributed by atoms with Crippen molar-refractivity contribution >= 4 is 17.7 Å². The van der Waals surface area contributed by atoms with Crippen LogP contribution >= 0.6 is 0 Å². The Morgan fingerprint density at radius 3 is 2.72 bits per heavy atom. The van der Waals surface area contributed by atoms with Crippen LogP contribution in [-0.4, -0.2) is 35.7 Å². The second-order valence-corrected chi connectivity index (χ2v) is 3.66. The molecule has 0 aliphatic heterocycles. The Hall–Kier alpha value is -2.31. The molecule has 0 saturated heterocycles. The van der Waals surface area contributed by atoms with Gasteiger partial charge in [-0.1, -0.05) is 6.92 Å². The van der Waals surface area contributed by atoms with Gasteiger partial charge in [0.05, 0.1) is 24.9 Å². The first-order valence-corrected chi connectivity index (χ1v) is 5.30. The van der Waals surface area contributed by atoms with Gasteiger partial charge in [-0.3, -0.25) is 4.79 Å². The molecule has 7 nitrogen and oxygen atoms in total. The van der Waals surface area contributed by atoms with Crippen molar-refractivity contribution in [3.8, 4) is 5.88 Å². The highest BCUT2D eigenvalue weighted by Crippen LogP contribution is 2.10. The molecule has 98 valence electrons. The molecule has 1 atom stereocenters. The molecule has 0 radical (unpaired) electrons. The van der Waals surface area contributed by atoms with Gasteiger partial charge >= 0.3 is 12.0 Å². The minimum absolute atomic E-state index is 0.0603. The lowest BCUT2D eigenvalue weighted by Crippen LogP contribution is -2.34. The third kappa shape index (κ3) is 4.28. The van der Waals surface area contributed by atoms with Crippen molar-refractivity contribution in [3.63, 3.8) is 0 Å². The zero-order valence-corrected chi connectivity index (χ0v) is 10.1. The van der Waals surface area contributed by atoms with E-state index in [0.29, 0.717) is 11.6 Å². The van der Waals surface area contributed by atoms with Gasteiger partial charge in [-0.15, -0.1) is 0 Å². The number of carboxylic acid groups (broad SMARTS) is 1. The lowest BCUT2D eigenvalue weighted by Gasteiger charge is -2.09. The fraction of sp³-hybridized carbons (Fsp3) is 0.364. The van der Waals surface area contributed by atoms with Crippen LogP contribution in [0.1, 0.15) is 6.92 Å². The monoisotopic (exact) mass is 253 g/mol. The predicted octanol–water partition coefficient (Wildman–Crippen LogP) is 0.932. The van der Waals surface area contributed by atoms with Gasteiger partial charge in [0.25, 0.3) is 0 Å². The number of pyridine rings is 1. The summed E-state index contributed by atoms with van der Waals surface area (Å²) in [4.78, 5) is 25.9. The smallest absolute Gasteiger partial charge is 0.319 e. The molecular formula is C11H15N3O4. The summed E-state index contributed by atoms with van der Waals surface area (Å²) in [5.74, 6) is -1.15. The van der Waals surface area contributed by atoms with E-state index in [1.54, 1.807) is 12.1 Å². The topological polar surface area (TPSA) is 101 Å². The van der Waals surface area contributed by atoms with Gasteiger partial charge in [-0.05, 0) is 6.07 Å². The molecule has 0 aromatic carbocycles. The molecule has 1 unspecified atom stereocenters. The number of rotatable bonds is 5. The Labute approximate surface area is 104 Å². The van der Waals surface area contributed by atoms with Gasteiger partial charge in [0.1, 0.15) is 0 Å². The Bertz CT molecular complexity index is 419. The number of aliphatic carboxylic acids is 1. The molecule has 1 heterocycles. The normalized spacial score (nSPS) is 11.4. The highest BCUT2D eigenvalue weighted by atomic mass is 16.5. The Balaban J connectivity index is 2.42. The van der Waals surface area contributed by atoms with E-state index in [1.165, 1.54) is 20.2 Å². The molecule has 2 amide bonds. The summed E-state index contributed by atoms with van der Waals surface area (Å²) in [7, 11) is 1.50. The molecule has 0 saturated carbocycles. The van der Waals surface area contributed by atoms with E-state index in [4.69, 9.17) is 9.84 Å². The summed E-state index contributed by atoms with van der Waals surface area (Å²) < 4.78 is 4.87. The van der Waals surface area contributed by atoms with E-state index < -0.39 is 17.9 Å². The first-order valence-electron chi connectivity index (χ1n) is 5.30. The third-order valence-electron chi connectivity index (χ3n) is 2.19. The van der Waals surface area contributed by atoms with Gasteiger partial charge in [-0.2, -0.15) is 0 Å². The number of anilines is 1.